The SMILES string of the molecule is Nc1ncc([N+](=O)[O-])c(Cl)c1Br. The Hall–Kier alpha value is -0.880. The number of nitrogen functional groups attached to an aromatic ring is 1. The Morgan fingerprint density at radius 2 is 2.33 bits per heavy atom. The average molecular weight is 252 g/mol. The molecule has 1 rings (SSSR count). The van der Waals surface area contributed by atoms with Crippen LogP contribution in [0.5, 0.6) is 0 Å². The molecule has 0 aliphatic heterocycles. The lowest BCUT2D eigenvalue weighted by atomic mass is 10.4. The second kappa shape index (κ2) is 3.24. The Kier molecular flexibility index (Phi) is 2.49. The topological polar surface area (TPSA) is 82.0 Å². The molecule has 12 heavy (non-hydrogen) atoms. The van der Waals surface area contributed by atoms with E-state index >= 15 is 0 Å². The lowest BCUT2D eigenvalue weighted by Gasteiger charge is -1.99. The number of nitro groups is 1. The summed E-state index contributed by atoms with van der Waals surface area (Å²) in [6.45, 7) is 0. The Morgan fingerprint density at radius 1 is 1.75 bits per heavy atom. The highest BCUT2D eigenvalue weighted by atomic mass is 79.9. The number of aromatic nitrogens is 1. The van der Waals surface area contributed by atoms with Gasteiger partial charge in [0.15, 0.2) is 0 Å². The minimum absolute atomic E-state index is 0.0347. The van der Waals surface area contributed by atoms with Gasteiger partial charge in [0.2, 0.25) is 0 Å². The highest BCUT2D eigenvalue weighted by molar-refractivity contribution is 9.10. The normalized spacial score (nSPS) is 9.83. The molecule has 1 aromatic rings. The van der Waals surface area contributed by atoms with E-state index in [0.717, 1.165) is 6.20 Å². The summed E-state index contributed by atoms with van der Waals surface area (Å²) < 4.78 is 0.248. The molecule has 64 valence electrons. The lowest BCUT2D eigenvalue weighted by Crippen LogP contribution is -1.96. The number of hydrogen-bond donors (Lipinski definition) is 1. The number of pyridine rings is 1. The minimum atomic E-state index is -0.625. The molecule has 0 aliphatic rings. The zero-order valence-electron chi connectivity index (χ0n) is 5.62. The van der Waals surface area contributed by atoms with Gasteiger partial charge >= 0.3 is 5.69 Å². The second-order valence-electron chi connectivity index (χ2n) is 1.91. The molecule has 0 aliphatic carbocycles. The largest absolute Gasteiger partial charge is 0.383 e. The van der Waals surface area contributed by atoms with Gasteiger partial charge in [0.25, 0.3) is 0 Å². The van der Waals surface area contributed by atoms with Crippen molar-refractivity contribution in [1.82, 2.24) is 4.98 Å². The summed E-state index contributed by atoms with van der Waals surface area (Å²) in [5, 5.41) is 10.3. The van der Waals surface area contributed by atoms with Crippen molar-refractivity contribution in [2.45, 2.75) is 0 Å². The zero-order chi connectivity index (χ0) is 9.30. The molecule has 0 fully saturated rings. The van der Waals surface area contributed by atoms with Crippen LogP contribution in [0.3, 0.4) is 0 Å². The van der Waals surface area contributed by atoms with Crippen LogP contribution in [0.2, 0.25) is 5.02 Å². The fourth-order valence-electron chi connectivity index (χ4n) is 0.596. The fraction of sp³-hybridized carbons (Fsp3) is 0. The van der Waals surface area contributed by atoms with Crippen LogP contribution in [0.25, 0.3) is 0 Å². The third kappa shape index (κ3) is 1.49. The molecule has 0 aromatic carbocycles. The predicted molar refractivity (Wildman–Crippen MR) is 48.0 cm³/mol. The molecule has 0 amide bonds. The first-order valence-electron chi connectivity index (χ1n) is 2.78. The second-order valence-corrected chi connectivity index (χ2v) is 3.08. The molecule has 0 saturated carbocycles. The van der Waals surface area contributed by atoms with E-state index in [2.05, 4.69) is 20.9 Å². The van der Waals surface area contributed by atoms with E-state index in [0.29, 0.717) is 0 Å². The minimum Gasteiger partial charge on any atom is -0.383 e. The zero-order valence-corrected chi connectivity index (χ0v) is 7.96. The first kappa shape index (κ1) is 9.21. The predicted octanol–water partition coefficient (Wildman–Crippen LogP) is 1.99. The van der Waals surface area contributed by atoms with Crippen LogP contribution in [-0.4, -0.2) is 9.91 Å². The van der Waals surface area contributed by atoms with Gasteiger partial charge in [0, 0.05) is 0 Å². The quantitative estimate of drug-likeness (QED) is 0.612. The highest BCUT2D eigenvalue weighted by Crippen LogP contribution is 2.33. The number of rotatable bonds is 1. The van der Waals surface area contributed by atoms with Crippen LogP contribution >= 0.6 is 27.5 Å². The van der Waals surface area contributed by atoms with Crippen LogP contribution < -0.4 is 5.73 Å². The smallest absolute Gasteiger partial charge is 0.307 e. The Bertz CT molecular complexity index is 344. The Labute approximate surface area is 80.8 Å². The number of anilines is 1. The van der Waals surface area contributed by atoms with Crippen molar-refractivity contribution in [2.24, 2.45) is 0 Å². The van der Waals surface area contributed by atoms with Crippen molar-refractivity contribution in [1.29, 1.82) is 0 Å². The maximum Gasteiger partial charge on any atom is 0.307 e. The van der Waals surface area contributed by atoms with Gasteiger partial charge in [-0.15, -0.1) is 0 Å². The van der Waals surface area contributed by atoms with Crippen molar-refractivity contribution in [2.75, 3.05) is 5.73 Å². The average Bonchev–Trinajstić information content (AvgIpc) is 2.00. The van der Waals surface area contributed by atoms with E-state index in [9.17, 15) is 10.1 Å². The molecule has 0 saturated heterocycles. The van der Waals surface area contributed by atoms with E-state index in [1.807, 2.05) is 0 Å². The third-order valence-electron chi connectivity index (χ3n) is 1.17. The summed E-state index contributed by atoms with van der Waals surface area (Å²) in [7, 11) is 0. The summed E-state index contributed by atoms with van der Waals surface area (Å²) in [4.78, 5) is 13.2. The summed E-state index contributed by atoms with van der Waals surface area (Å²) in [6, 6.07) is 0. The van der Waals surface area contributed by atoms with Crippen LogP contribution in [0.4, 0.5) is 11.5 Å². The molecular weight excluding hydrogens is 249 g/mol. The van der Waals surface area contributed by atoms with E-state index in [1.54, 1.807) is 0 Å². The van der Waals surface area contributed by atoms with Gasteiger partial charge in [-0.05, 0) is 15.9 Å². The molecule has 2 N–H and O–H groups in total. The van der Waals surface area contributed by atoms with Gasteiger partial charge in [0.05, 0.1) is 9.40 Å². The van der Waals surface area contributed by atoms with E-state index in [-0.39, 0.29) is 21.0 Å². The first-order valence-corrected chi connectivity index (χ1v) is 3.95. The van der Waals surface area contributed by atoms with Crippen LogP contribution in [0.1, 0.15) is 0 Å². The third-order valence-corrected chi connectivity index (χ3v) is 2.58. The molecule has 0 radical (unpaired) electrons. The van der Waals surface area contributed by atoms with Crippen molar-refractivity contribution >= 4 is 39.0 Å². The first-order chi connectivity index (χ1) is 5.54. The fourth-order valence-corrected chi connectivity index (χ4v) is 1.12. The maximum atomic E-state index is 10.3. The maximum absolute atomic E-state index is 10.3. The van der Waals surface area contributed by atoms with Crippen molar-refractivity contribution in [3.05, 3.63) is 25.8 Å². The molecule has 5 nitrogen and oxygen atoms in total. The van der Waals surface area contributed by atoms with Gasteiger partial charge in [-0.3, -0.25) is 10.1 Å². The molecule has 0 spiro atoms. The molecule has 0 unspecified atom stereocenters. The van der Waals surface area contributed by atoms with E-state index < -0.39 is 4.92 Å². The summed E-state index contributed by atoms with van der Waals surface area (Å²) >= 11 is 8.56. The van der Waals surface area contributed by atoms with E-state index in [4.69, 9.17) is 17.3 Å². The van der Waals surface area contributed by atoms with Crippen LogP contribution in [0.15, 0.2) is 10.7 Å². The van der Waals surface area contributed by atoms with Gasteiger partial charge in [-0.25, -0.2) is 4.98 Å². The van der Waals surface area contributed by atoms with Gasteiger partial charge in [-0.2, -0.15) is 0 Å². The molecular formula is C5H3BrClN3O2. The Morgan fingerprint density at radius 3 is 2.83 bits per heavy atom. The molecule has 7 heteroatoms. The molecule has 1 aromatic heterocycles. The lowest BCUT2D eigenvalue weighted by molar-refractivity contribution is -0.385. The monoisotopic (exact) mass is 251 g/mol. The van der Waals surface area contributed by atoms with Gasteiger partial charge in [0.1, 0.15) is 17.0 Å². The number of halogens is 2. The molecule has 0 atom stereocenters. The van der Waals surface area contributed by atoms with Crippen molar-refractivity contribution in [3.8, 4) is 0 Å². The van der Waals surface area contributed by atoms with Crippen molar-refractivity contribution < 1.29 is 4.92 Å². The molecule has 1 heterocycles. The van der Waals surface area contributed by atoms with Gasteiger partial charge in [-0.1, -0.05) is 11.6 Å². The number of hydrogen-bond acceptors (Lipinski definition) is 4. The summed E-state index contributed by atoms with van der Waals surface area (Å²) in [5.74, 6) is 0.130. The number of nitrogens with two attached hydrogens (primary N) is 1. The van der Waals surface area contributed by atoms with Crippen molar-refractivity contribution in [3.63, 3.8) is 0 Å². The summed E-state index contributed by atoms with van der Waals surface area (Å²) in [5.41, 5.74) is 5.06. The molecule has 0 bridgehead atoms. The Balaban J connectivity index is 3.36. The standard InChI is InChI=1S/C5H3BrClN3O2/c6-3-4(7)2(10(11)12)1-9-5(3)8/h1H,(H2,8,9). The van der Waals surface area contributed by atoms with E-state index in [1.165, 1.54) is 0 Å². The van der Waals surface area contributed by atoms with Crippen LogP contribution in [-0.2, 0) is 0 Å². The summed E-state index contributed by atoms with van der Waals surface area (Å²) in [6.07, 6.45) is 1.02. The number of nitrogens with zero attached hydrogens (tertiary/aromatic N) is 2. The highest BCUT2D eigenvalue weighted by Gasteiger charge is 2.17. The van der Waals surface area contributed by atoms with Crippen LogP contribution in [0, 0.1) is 10.1 Å². The van der Waals surface area contributed by atoms with Gasteiger partial charge < -0.3 is 5.73 Å².